The highest BCUT2D eigenvalue weighted by atomic mass is 16.7. The van der Waals surface area contributed by atoms with Gasteiger partial charge in [-0.1, -0.05) is 0 Å². The third-order valence-corrected chi connectivity index (χ3v) is 4.41. The molecule has 130 valence electrons. The molecule has 2 aliphatic heterocycles. The summed E-state index contributed by atoms with van der Waals surface area (Å²) in [6.45, 7) is 0.715. The molecule has 2 aromatic rings. The van der Waals surface area contributed by atoms with Crippen LogP contribution in [0.1, 0.15) is 6.23 Å². The van der Waals surface area contributed by atoms with Crippen molar-refractivity contribution in [1.29, 1.82) is 0 Å². The van der Waals surface area contributed by atoms with Crippen LogP contribution in [0.3, 0.4) is 0 Å². The number of hydrogen-bond donors (Lipinski definition) is 3. The number of fused-ring (bicyclic) bond motifs is 3. The molecule has 2 saturated heterocycles. The molecule has 4 atom stereocenters. The highest BCUT2D eigenvalue weighted by Gasteiger charge is 2.60. The quantitative estimate of drug-likeness (QED) is 0.610. The Morgan fingerprint density at radius 2 is 2.38 bits per heavy atom. The summed E-state index contributed by atoms with van der Waals surface area (Å²) in [5.74, 6) is 0.00385. The molecule has 0 saturated carbocycles. The van der Waals surface area contributed by atoms with Gasteiger partial charge in [-0.3, -0.25) is 19.2 Å². The van der Waals surface area contributed by atoms with Gasteiger partial charge in [-0.15, -0.1) is 0 Å². The van der Waals surface area contributed by atoms with E-state index in [4.69, 9.17) is 24.8 Å². The molecule has 2 aliphatic rings. The molecule has 4 heterocycles. The van der Waals surface area contributed by atoms with Gasteiger partial charge >= 0.3 is 0 Å². The number of nitrogens with one attached hydrogen (secondary N) is 2. The van der Waals surface area contributed by atoms with Gasteiger partial charge in [0.15, 0.2) is 23.5 Å². The molecule has 4 rings (SSSR count). The summed E-state index contributed by atoms with van der Waals surface area (Å²) in [5, 5.41) is 0. The number of imidazole rings is 1. The summed E-state index contributed by atoms with van der Waals surface area (Å²) < 4.78 is 18.8. The van der Waals surface area contributed by atoms with E-state index in [1.807, 2.05) is 0 Å². The Balaban J connectivity index is 1.82. The monoisotopic (exact) mass is 338 g/mol. The highest BCUT2D eigenvalue weighted by Crippen LogP contribution is 2.43. The molecule has 4 N–H and O–H groups in total. The number of hydroxylamine groups is 1. The van der Waals surface area contributed by atoms with E-state index >= 15 is 0 Å². The van der Waals surface area contributed by atoms with Crippen LogP contribution >= 0.6 is 0 Å². The Bertz CT molecular complexity index is 817. The third kappa shape index (κ3) is 2.06. The van der Waals surface area contributed by atoms with Crippen molar-refractivity contribution in [1.82, 2.24) is 25.0 Å². The summed E-state index contributed by atoms with van der Waals surface area (Å²) in [6, 6.07) is 0. The normalized spacial score (nSPS) is 32.5. The van der Waals surface area contributed by atoms with Gasteiger partial charge in [0.1, 0.15) is 11.7 Å². The number of nitrogens with two attached hydrogens (primary N) is 1. The lowest BCUT2D eigenvalue weighted by molar-refractivity contribution is -0.174. The van der Waals surface area contributed by atoms with E-state index in [2.05, 4.69) is 20.4 Å². The van der Waals surface area contributed by atoms with Gasteiger partial charge in [-0.25, -0.2) is 4.98 Å². The van der Waals surface area contributed by atoms with Crippen molar-refractivity contribution >= 4 is 17.1 Å². The van der Waals surface area contributed by atoms with Crippen molar-refractivity contribution in [2.75, 3.05) is 33.1 Å². The maximum Gasteiger partial charge on any atom is 0.280 e. The molecule has 0 radical (unpaired) electrons. The van der Waals surface area contributed by atoms with Crippen molar-refractivity contribution in [3.05, 3.63) is 16.7 Å². The van der Waals surface area contributed by atoms with Gasteiger partial charge in [-0.2, -0.15) is 10.5 Å². The molecule has 24 heavy (non-hydrogen) atoms. The predicted molar refractivity (Wildman–Crippen MR) is 81.0 cm³/mol. The first-order valence-electron chi connectivity index (χ1n) is 7.40. The molecule has 2 aromatic heterocycles. The molecule has 0 aliphatic carbocycles. The maximum atomic E-state index is 12.0. The molecule has 2 unspecified atom stereocenters. The molecule has 0 amide bonds. The van der Waals surface area contributed by atoms with E-state index in [0.29, 0.717) is 18.8 Å². The second-order valence-corrected chi connectivity index (χ2v) is 5.84. The van der Waals surface area contributed by atoms with Crippen molar-refractivity contribution in [3.8, 4) is 0 Å². The van der Waals surface area contributed by atoms with Crippen LogP contribution in [0.15, 0.2) is 11.1 Å². The number of ether oxygens (including phenoxy) is 3. The average Bonchev–Trinajstić information content (AvgIpc) is 3.02. The third-order valence-electron chi connectivity index (χ3n) is 4.41. The molecule has 11 heteroatoms. The summed E-state index contributed by atoms with van der Waals surface area (Å²) in [5.41, 5.74) is 7.88. The topological polar surface area (TPSA) is 139 Å². The van der Waals surface area contributed by atoms with Gasteiger partial charge < -0.3 is 19.9 Å². The second kappa shape index (κ2) is 5.50. The van der Waals surface area contributed by atoms with Crippen LogP contribution < -0.4 is 16.8 Å². The maximum absolute atomic E-state index is 12.0. The SMILES string of the molecule is COC[C@]12CNOC(C1OC)[C@H](n1cnc3c(=O)[nH]c(N)nc31)O2. The molecular weight excluding hydrogens is 320 g/mol. The number of aromatic nitrogens is 4. The second-order valence-electron chi connectivity index (χ2n) is 5.84. The average molecular weight is 338 g/mol. The Labute approximate surface area is 136 Å². The molecular formula is C13H18N6O5. The predicted octanol–water partition coefficient (Wildman–Crippen LogP) is -1.47. The zero-order valence-corrected chi connectivity index (χ0v) is 13.2. The fourth-order valence-corrected chi connectivity index (χ4v) is 3.45. The van der Waals surface area contributed by atoms with Gasteiger partial charge in [0.25, 0.3) is 5.56 Å². The number of aromatic amines is 1. The van der Waals surface area contributed by atoms with Crippen LogP contribution in [0.5, 0.6) is 0 Å². The van der Waals surface area contributed by atoms with Gasteiger partial charge in [0.05, 0.1) is 19.5 Å². The van der Waals surface area contributed by atoms with E-state index in [1.165, 1.54) is 6.33 Å². The Kier molecular flexibility index (Phi) is 3.54. The Morgan fingerprint density at radius 1 is 1.54 bits per heavy atom. The molecule has 0 spiro atoms. The van der Waals surface area contributed by atoms with Crippen LogP contribution in [0.4, 0.5) is 5.95 Å². The standard InChI is InChI=1S/C13H18N6O5/c1-21-4-13-3-16-24-7(8(13)22-2)11(23-13)19-5-15-6-9(19)17-12(14)18-10(6)20/h5,7-8,11,16H,3-4H2,1-2H3,(H3,14,17,18,20)/t7?,8?,11-,13-/m1/s1. The number of anilines is 1. The Morgan fingerprint density at radius 3 is 3.12 bits per heavy atom. The lowest BCUT2D eigenvalue weighted by Crippen LogP contribution is -2.59. The van der Waals surface area contributed by atoms with Crippen LogP contribution in [0.25, 0.3) is 11.2 Å². The number of nitrogens with zero attached hydrogens (tertiary/aromatic N) is 3. The summed E-state index contributed by atoms with van der Waals surface area (Å²) in [6.07, 6.45) is 0.0480. The van der Waals surface area contributed by atoms with E-state index in [0.717, 1.165) is 0 Å². The number of nitrogen functional groups attached to an aromatic ring is 1. The fourth-order valence-electron chi connectivity index (χ4n) is 3.45. The van der Waals surface area contributed by atoms with Gasteiger partial charge in [0.2, 0.25) is 5.95 Å². The van der Waals surface area contributed by atoms with Crippen LogP contribution in [-0.2, 0) is 19.0 Å². The smallest absolute Gasteiger partial charge is 0.280 e. The minimum absolute atomic E-state index is 0.00385. The first kappa shape index (κ1) is 15.5. The van der Waals surface area contributed by atoms with E-state index in [-0.39, 0.29) is 17.6 Å². The van der Waals surface area contributed by atoms with Crippen LogP contribution in [-0.4, -0.2) is 64.7 Å². The first-order chi connectivity index (χ1) is 11.6. The molecule has 2 fully saturated rings. The van der Waals surface area contributed by atoms with Crippen molar-refractivity contribution < 1.29 is 19.0 Å². The van der Waals surface area contributed by atoms with E-state index in [9.17, 15) is 4.79 Å². The van der Waals surface area contributed by atoms with Gasteiger partial charge in [0, 0.05) is 14.2 Å². The van der Waals surface area contributed by atoms with Crippen LogP contribution in [0.2, 0.25) is 0 Å². The Hall–Kier alpha value is -2.05. The largest absolute Gasteiger partial charge is 0.382 e. The molecule has 2 bridgehead atoms. The van der Waals surface area contributed by atoms with Crippen molar-refractivity contribution in [3.63, 3.8) is 0 Å². The van der Waals surface area contributed by atoms with Crippen LogP contribution in [0, 0.1) is 0 Å². The lowest BCUT2D eigenvalue weighted by Gasteiger charge is -2.36. The number of methoxy groups -OCH3 is 2. The highest BCUT2D eigenvalue weighted by molar-refractivity contribution is 5.70. The zero-order valence-electron chi connectivity index (χ0n) is 13.2. The lowest BCUT2D eigenvalue weighted by atomic mass is 9.94. The van der Waals surface area contributed by atoms with E-state index in [1.54, 1.807) is 18.8 Å². The van der Waals surface area contributed by atoms with Crippen molar-refractivity contribution in [2.24, 2.45) is 0 Å². The zero-order chi connectivity index (χ0) is 16.9. The molecule has 0 aromatic carbocycles. The summed E-state index contributed by atoms with van der Waals surface area (Å²) in [4.78, 5) is 28.3. The summed E-state index contributed by atoms with van der Waals surface area (Å²) >= 11 is 0. The fraction of sp³-hybridized carbons (Fsp3) is 0.615. The summed E-state index contributed by atoms with van der Waals surface area (Å²) in [7, 11) is 3.19. The first-order valence-corrected chi connectivity index (χ1v) is 7.40. The number of H-pyrrole nitrogens is 1. The van der Waals surface area contributed by atoms with Gasteiger partial charge in [-0.05, 0) is 0 Å². The minimum Gasteiger partial charge on any atom is -0.382 e. The molecule has 11 nitrogen and oxygen atoms in total. The van der Waals surface area contributed by atoms with Crippen molar-refractivity contribution in [2.45, 2.75) is 24.0 Å². The number of hydrogen-bond acceptors (Lipinski definition) is 9. The van der Waals surface area contributed by atoms with E-state index < -0.39 is 23.5 Å². The minimum atomic E-state index is -0.722. The number of rotatable bonds is 4.